The molecule has 1 aliphatic rings. The number of ether oxygens (including phenoxy) is 1. The van der Waals surface area contributed by atoms with Crippen LogP contribution in [-0.2, 0) is 7.05 Å². The number of nitrogens with one attached hydrogen (secondary N) is 1. The van der Waals surface area contributed by atoms with Gasteiger partial charge in [-0.3, -0.25) is 14.9 Å². The smallest absolute Gasteiger partial charge is 0.259 e. The van der Waals surface area contributed by atoms with Gasteiger partial charge < -0.3 is 14.4 Å². The van der Waals surface area contributed by atoms with Gasteiger partial charge in [-0.05, 0) is 36.6 Å². The molecule has 2 heterocycles. The Kier molecular flexibility index (Phi) is 5.31. The van der Waals surface area contributed by atoms with Crippen molar-refractivity contribution < 1.29 is 23.8 Å². The van der Waals surface area contributed by atoms with Crippen LogP contribution in [0, 0.1) is 5.82 Å². The summed E-state index contributed by atoms with van der Waals surface area (Å²) in [5.41, 5.74) is 2.95. The Balaban J connectivity index is 1.79. The number of carbonyl (C=O) groups is 2. The Morgan fingerprint density at radius 2 is 1.79 bits per heavy atom. The van der Waals surface area contributed by atoms with Crippen LogP contribution in [0.15, 0.2) is 42.5 Å². The highest BCUT2D eigenvalue weighted by atomic mass is 35.5. The van der Waals surface area contributed by atoms with Crippen molar-refractivity contribution >= 4 is 45.2 Å². The van der Waals surface area contributed by atoms with Gasteiger partial charge in [0.1, 0.15) is 0 Å². The molecule has 1 aromatic heterocycles. The van der Waals surface area contributed by atoms with Crippen LogP contribution in [0.3, 0.4) is 0 Å². The number of hydrogen-bond acceptors (Lipinski definition) is 4. The summed E-state index contributed by atoms with van der Waals surface area (Å²) in [5.74, 6) is -1.50. The van der Waals surface area contributed by atoms with Crippen LogP contribution in [0.4, 0.5) is 4.39 Å². The van der Waals surface area contributed by atoms with Crippen molar-refractivity contribution in [1.82, 2.24) is 9.88 Å². The molecule has 0 atom stereocenters. The molecule has 0 fully saturated rings. The molecular weight excluding hydrogens is 447 g/mol. The van der Waals surface area contributed by atoms with Crippen LogP contribution in [0.5, 0.6) is 5.75 Å². The number of rotatable bonds is 6. The molecule has 168 valence electrons. The molecule has 0 bridgehead atoms. The molecule has 4 aromatic rings. The molecular formula is C25H20ClFN2O4. The van der Waals surface area contributed by atoms with E-state index in [1.807, 2.05) is 23.7 Å². The summed E-state index contributed by atoms with van der Waals surface area (Å²) in [6, 6.07) is 11.9. The number of hydrogen-bond donors (Lipinski definition) is 2. The average Bonchev–Trinajstić information content (AvgIpc) is 3.24. The van der Waals surface area contributed by atoms with E-state index in [1.54, 1.807) is 24.3 Å². The molecule has 8 heteroatoms. The first-order chi connectivity index (χ1) is 15.9. The first-order valence-electron chi connectivity index (χ1n) is 10.5. The Morgan fingerprint density at radius 1 is 1.03 bits per heavy atom. The Hall–Kier alpha value is -3.42. The molecule has 0 spiro atoms. The van der Waals surface area contributed by atoms with Gasteiger partial charge in [-0.1, -0.05) is 29.8 Å². The largest absolute Gasteiger partial charge is 0.490 e. The number of halogens is 2. The van der Waals surface area contributed by atoms with Crippen molar-refractivity contribution in [3.8, 4) is 16.9 Å². The lowest BCUT2D eigenvalue weighted by molar-refractivity contribution is 0.0880. The van der Waals surface area contributed by atoms with Crippen LogP contribution in [0.25, 0.3) is 32.9 Å². The molecule has 1 aliphatic heterocycles. The summed E-state index contributed by atoms with van der Waals surface area (Å²) in [5, 5.41) is 12.8. The minimum Gasteiger partial charge on any atom is -0.490 e. The number of benzene rings is 3. The molecule has 0 saturated heterocycles. The van der Waals surface area contributed by atoms with Crippen molar-refractivity contribution in [3.05, 3.63) is 64.4 Å². The predicted octanol–water partition coefficient (Wildman–Crippen LogP) is 4.83. The fourth-order valence-corrected chi connectivity index (χ4v) is 4.68. The lowest BCUT2D eigenvalue weighted by atomic mass is 9.93. The van der Waals surface area contributed by atoms with Gasteiger partial charge in [-0.25, -0.2) is 4.39 Å². The van der Waals surface area contributed by atoms with E-state index >= 15 is 0 Å². The van der Waals surface area contributed by atoms with E-state index in [2.05, 4.69) is 5.32 Å². The monoisotopic (exact) mass is 466 g/mol. The SMILES string of the molecule is Cn1c2cc(OCCCCO)c(F)cc2c2c3c(c(-c4ccccc4Cl)cc21)C(=O)NC3=O. The number of imide groups is 1. The topological polar surface area (TPSA) is 80.6 Å². The zero-order valence-electron chi connectivity index (χ0n) is 17.7. The number of aliphatic hydroxyl groups excluding tert-OH is 1. The minimum atomic E-state index is -0.562. The summed E-state index contributed by atoms with van der Waals surface area (Å²) in [7, 11) is 1.82. The van der Waals surface area contributed by atoms with Crippen LogP contribution < -0.4 is 10.1 Å². The third-order valence-electron chi connectivity index (χ3n) is 6.00. The lowest BCUT2D eigenvalue weighted by Gasteiger charge is -2.10. The van der Waals surface area contributed by atoms with E-state index in [0.29, 0.717) is 50.8 Å². The van der Waals surface area contributed by atoms with Gasteiger partial charge in [0.15, 0.2) is 11.6 Å². The maximum absolute atomic E-state index is 14.9. The predicted molar refractivity (Wildman–Crippen MR) is 124 cm³/mol. The first-order valence-corrected chi connectivity index (χ1v) is 10.9. The van der Waals surface area contributed by atoms with Gasteiger partial charge in [0.05, 0.1) is 28.8 Å². The van der Waals surface area contributed by atoms with Gasteiger partial charge in [0, 0.05) is 41.1 Å². The molecule has 6 nitrogen and oxygen atoms in total. The molecule has 5 rings (SSSR count). The van der Waals surface area contributed by atoms with Crippen LogP contribution >= 0.6 is 11.6 Å². The fraction of sp³-hybridized carbons (Fsp3) is 0.200. The van der Waals surface area contributed by atoms with E-state index in [1.165, 1.54) is 6.07 Å². The normalized spacial score (nSPS) is 13.1. The molecule has 0 saturated carbocycles. The summed E-state index contributed by atoms with van der Waals surface area (Å²) in [6.45, 7) is 0.323. The van der Waals surface area contributed by atoms with Gasteiger partial charge >= 0.3 is 0 Å². The maximum Gasteiger partial charge on any atom is 0.259 e. The van der Waals surface area contributed by atoms with E-state index in [-0.39, 0.29) is 30.1 Å². The Morgan fingerprint density at radius 3 is 2.55 bits per heavy atom. The molecule has 3 aromatic carbocycles. The summed E-state index contributed by atoms with van der Waals surface area (Å²) in [4.78, 5) is 25.6. The number of carbonyl (C=O) groups excluding carboxylic acids is 2. The van der Waals surface area contributed by atoms with Gasteiger partial charge in [-0.15, -0.1) is 0 Å². The third-order valence-corrected chi connectivity index (χ3v) is 6.33. The van der Waals surface area contributed by atoms with E-state index in [9.17, 15) is 14.0 Å². The summed E-state index contributed by atoms with van der Waals surface area (Å²) >= 11 is 6.42. The zero-order chi connectivity index (χ0) is 23.3. The van der Waals surface area contributed by atoms with Crippen molar-refractivity contribution in [3.63, 3.8) is 0 Å². The Bertz CT molecular complexity index is 1460. The molecule has 2 amide bonds. The quantitative estimate of drug-likeness (QED) is 0.315. The van der Waals surface area contributed by atoms with E-state index < -0.39 is 17.6 Å². The van der Waals surface area contributed by atoms with Crippen molar-refractivity contribution in [2.45, 2.75) is 12.8 Å². The number of aryl methyl sites for hydroxylation is 1. The summed E-state index contributed by atoms with van der Waals surface area (Å²) in [6.07, 6.45) is 1.16. The second kappa shape index (κ2) is 8.17. The average molecular weight is 467 g/mol. The minimum absolute atomic E-state index is 0.0493. The molecule has 2 N–H and O–H groups in total. The summed E-state index contributed by atoms with van der Waals surface area (Å²) < 4.78 is 22.4. The number of aliphatic hydroxyl groups is 1. The lowest BCUT2D eigenvalue weighted by Crippen LogP contribution is -2.20. The maximum atomic E-state index is 14.9. The second-order valence-electron chi connectivity index (χ2n) is 7.97. The highest BCUT2D eigenvalue weighted by Crippen LogP contribution is 2.42. The molecule has 0 aliphatic carbocycles. The number of nitrogens with zero attached hydrogens (tertiary/aromatic N) is 1. The number of amides is 2. The standard InChI is InChI=1S/C25H20ClFN2O4/c1-29-18-12-20(33-9-5-4-8-30)17(27)10-15(18)21-19(29)11-14(13-6-2-3-7-16(13)26)22-23(21)25(32)28-24(22)31/h2-3,6-7,10-12,30H,4-5,8-9H2,1H3,(H,28,31,32). The van der Waals surface area contributed by atoms with Gasteiger partial charge in [0.25, 0.3) is 11.8 Å². The van der Waals surface area contributed by atoms with Crippen molar-refractivity contribution in [1.29, 1.82) is 0 Å². The Labute approximate surface area is 193 Å². The molecule has 0 radical (unpaired) electrons. The molecule has 0 unspecified atom stereocenters. The third kappa shape index (κ3) is 3.35. The van der Waals surface area contributed by atoms with E-state index in [4.69, 9.17) is 21.4 Å². The highest BCUT2D eigenvalue weighted by Gasteiger charge is 2.34. The van der Waals surface area contributed by atoms with Gasteiger partial charge in [0.2, 0.25) is 0 Å². The van der Waals surface area contributed by atoms with Crippen molar-refractivity contribution in [2.24, 2.45) is 7.05 Å². The first kappa shape index (κ1) is 21.4. The van der Waals surface area contributed by atoms with Crippen molar-refractivity contribution in [2.75, 3.05) is 13.2 Å². The van der Waals surface area contributed by atoms with E-state index in [0.717, 1.165) is 0 Å². The van der Waals surface area contributed by atoms with Gasteiger partial charge in [-0.2, -0.15) is 0 Å². The molecule has 33 heavy (non-hydrogen) atoms. The van der Waals surface area contributed by atoms with Crippen LogP contribution in [0.1, 0.15) is 33.6 Å². The number of aromatic nitrogens is 1. The van der Waals surface area contributed by atoms with Crippen LogP contribution in [-0.4, -0.2) is 34.7 Å². The highest BCUT2D eigenvalue weighted by molar-refractivity contribution is 6.36. The number of fused-ring (bicyclic) bond motifs is 5. The second-order valence-corrected chi connectivity index (χ2v) is 8.38. The van der Waals surface area contributed by atoms with Crippen LogP contribution in [0.2, 0.25) is 5.02 Å². The zero-order valence-corrected chi connectivity index (χ0v) is 18.5. The fourth-order valence-electron chi connectivity index (χ4n) is 4.45. The number of unbranched alkanes of at least 4 members (excludes halogenated alkanes) is 1.